The number of methoxy groups -OCH3 is 1. The van der Waals surface area contributed by atoms with Gasteiger partial charge in [-0.05, 0) is 24.6 Å². The molecule has 1 rings (SSSR count). The van der Waals surface area contributed by atoms with E-state index in [9.17, 15) is 19.2 Å². The smallest absolute Gasteiger partial charge is 0.326 e. The molecule has 1 amide bonds. The van der Waals surface area contributed by atoms with Crippen molar-refractivity contribution in [3.8, 4) is 5.75 Å². The zero-order valence-electron chi connectivity index (χ0n) is 13.5. The number of carbonyl (C=O) groups excluding carboxylic acids is 2. The summed E-state index contributed by atoms with van der Waals surface area (Å²) in [6.07, 6.45) is -1.05. The Balaban J connectivity index is 2.63. The molecule has 0 fully saturated rings. The minimum atomic E-state index is -1.34. The second-order valence-electron chi connectivity index (χ2n) is 5.16. The van der Waals surface area contributed by atoms with Crippen LogP contribution in [0, 0.1) is 0 Å². The van der Waals surface area contributed by atoms with Crippen molar-refractivity contribution in [2.75, 3.05) is 7.11 Å². The van der Waals surface area contributed by atoms with Crippen molar-refractivity contribution in [2.45, 2.75) is 31.7 Å². The lowest BCUT2D eigenvalue weighted by molar-refractivity contribution is -0.143. The molecule has 1 atom stereocenters. The van der Waals surface area contributed by atoms with Gasteiger partial charge in [-0.3, -0.25) is 14.4 Å². The van der Waals surface area contributed by atoms with Gasteiger partial charge in [0.15, 0.2) is 5.78 Å². The predicted octanol–water partition coefficient (Wildman–Crippen LogP) is 1.75. The van der Waals surface area contributed by atoms with Crippen LogP contribution in [0.2, 0.25) is 5.02 Å². The number of carboxylic acids is 2. The highest BCUT2D eigenvalue weighted by atomic mass is 35.5. The molecule has 25 heavy (non-hydrogen) atoms. The Labute approximate surface area is 148 Å². The summed E-state index contributed by atoms with van der Waals surface area (Å²) in [5.74, 6) is -3.22. The van der Waals surface area contributed by atoms with Crippen molar-refractivity contribution in [3.63, 3.8) is 0 Å². The average molecular weight is 372 g/mol. The van der Waals surface area contributed by atoms with Gasteiger partial charge in [-0.2, -0.15) is 0 Å². The van der Waals surface area contributed by atoms with Crippen molar-refractivity contribution in [1.82, 2.24) is 5.32 Å². The van der Waals surface area contributed by atoms with Crippen LogP contribution in [-0.4, -0.2) is 47.0 Å². The summed E-state index contributed by atoms with van der Waals surface area (Å²) in [5.41, 5.74) is 0.225. The lowest BCUT2D eigenvalue weighted by Crippen LogP contribution is -2.41. The van der Waals surface area contributed by atoms with Crippen molar-refractivity contribution < 1.29 is 34.1 Å². The number of hydrogen-bond donors (Lipinski definition) is 3. The van der Waals surface area contributed by atoms with Crippen molar-refractivity contribution in [1.29, 1.82) is 0 Å². The molecular weight excluding hydrogens is 354 g/mol. The lowest BCUT2D eigenvalue weighted by atomic mass is 10.0. The Morgan fingerprint density at radius 1 is 1.16 bits per heavy atom. The van der Waals surface area contributed by atoms with Crippen LogP contribution in [0.15, 0.2) is 18.2 Å². The Kier molecular flexibility index (Phi) is 7.87. The minimum Gasteiger partial charge on any atom is -0.496 e. The number of hydrogen-bond acceptors (Lipinski definition) is 5. The molecule has 3 N–H and O–H groups in total. The first kappa shape index (κ1) is 20.4. The summed E-state index contributed by atoms with van der Waals surface area (Å²) in [4.78, 5) is 45.6. The maximum Gasteiger partial charge on any atom is 0.326 e. The summed E-state index contributed by atoms with van der Waals surface area (Å²) >= 11 is 5.84. The third-order valence-corrected chi connectivity index (χ3v) is 3.56. The molecule has 1 aromatic carbocycles. The zero-order valence-corrected chi connectivity index (χ0v) is 14.2. The van der Waals surface area contributed by atoms with Crippen LogP contribution in [0.25, 0.3) is 0 Å². The van der Waals surface area contributed by atoms with Crippen LogP contribution in [0.1, 0.15) is 36.0 Å². The number of nitrogens with one attached hydrogen (secondary N) is 1. The molecule has 0 aliphatic heterocycles. The lowest BCUT2D eigenvalue weighted by Gasteiger charge is -2.13. The maximum absolute atomic E-state index is 12.2. The number of carbonyl (C=O) groups is 4. The van der Waals surface area contributed by atoms with Crippen molar-refractivity contribution in [2.24, 2.45) is 0 Å². The van der Waals surface area contributed by atoms with Crippen LogP contribution < -0.4 is 10.1 Å². The van der Waals surface area contributed by atoms with Crippen LogP contribution >= 0.6 is 11.6 Å². The van der Waals surface area contributed by atoms with E-state index in [1.165, 1.54) is 19.2 Å². The molecule has 0 bridgehead atoms. The molecule has 136 valence electrons. The predicted molar refractivity (Wildman–Crippen MR) is 88.0 cm³/mol. The van der Waals surface area contributed by atoms with Gasteiger partial charge in [-0.15, -0.1) is 0 Å². The Morgan fingerprint density at radius 3 is 2.40 bits per heavy atom. The summed E-state index contributed by atoms with van der Waals surface area (Å²) in [6.45, 7) is 0. The van der Waals surface area contributed by atoms with Crippen LogP contribution in [0.5, 0.6) is 5.75 Å². The van der Waals surface area contributed by atoms with Gasteiger partial charge < -0.3 is 20.3 Å². The molecule has 0 heterocycles. The van der Waals surface area contributed by atoms with Gasteiger partial charge in [-0.25, -0.2) is 4.79 Å². The number of ketones is 1. The largest absolute Gasteiger partial charge is 0.496 e. The fourth-order valence-corrected chi connectivity index (χ4v) is 2.22. The van der Waals surface area contributed by atoms with Gasteiger partial charge in [0, 0.05) is 24.3 Å². The Hall–Kier alpha value is -2.61. The van der Waals surface area contributed by atoms with E-state index in [1.807, 2.05) is 0 Å². The van der Waals surface area contributed by atoms with E-state index >= 15 is 0 Å². The molecule has 0 unspecified atom stereocenters. The van der Waals surface area contributed by atoms with Crippen molar-refractivity contribution >= 4 is 35.2 Å². The topological polar surface area (TPSA) is 130 Å². The van der Waals surface area contributed by atoms with Crippen LogP contribution in [0.4, 0.5) is 0 Å². The van der Waals surface area contributed by atoms with E-state index in [4.69, 9.17) is 26.6 Å². The molecule has 0 radical (unpaired) electrons. The number of ether oxygens (including phenoxy) is 1. The fraction of sp³-hybridized carbons (Fsp3) is 0.375. The first-order valence-electron chi connectivity index (χ1n) is 7.35. The molecular formula is C16H18ClNO7. The SMILES string of the molecule is COc1ccc(Cl)cc1C(=O)CCC(=O)N[C@@H](CCC(=O)O)C(=O)O. The molecule has 1 aromatic rings. The second kappa shape index (κ2) is 9.63. The number of amides is 1. The molecule has 0 aromatic heterocycles. The average Bonchev–Trinajstić information content (AvgIpc) is 2.55. The number of benzene rings is 1. The van der Waals surface area contributed by atoms with Gasteiger partial charge in [0.2, 0.25) is 5.91 Å². The third-order valence-electron chi connectivity index (χ3n) is 3.32. The fourth-order valence-electron chi connectivity index (χ4n) is 2.05. The summed E-state index contributed by atoms with van der Waals surface area (Å²) < 4.78 is 5.07. The van der Waals surface area contributed by atoms with E-state index in [1.54, 1.807) is 6.07 Å². The van der Waals surface area contributed by atoms with Gasteiger partial charge in [0.1, 0.15) is 11.8 Å². The summed E-state index contributed by atoms with van der Waals surface area (Å²) in [7, 11) is 1.40. The standard InChI is InChI=1S/C16H18ClNO7/c1-25-13-5-2-9(17)8-10(13)12(19)4-6-14(20)18-11(16(23)24)3-7-15(21)22/h2,5,8,11H,3-4,6-7H2,1H3,(H,18,20)(H,21,22)(H,23,24)/t11-/m0/s1. The molecule has 0 saturated carbocycles. The number of Topliss-reactive ketones (excluding diaryl/α,β-unsaturated/α-hetero) is 1. The third kappa shape index (κ3) is 6.80. The van der Waals surface area contributed by atoms with Gasteiger partial charge >= 0.3 is 11.9 Å². The molecule has 0 aliphatic carbocycles. The minimum absolute atomic E-state index is 0.173. The number of carboxylic acid groups (broad SMARTS) is 2. The van der Waals surface area contributed by atoms with Crippen molar-refractivity contribution in [3.05, 3.63) is 28.8 Å². The van der Waals surface area contributed by atoms with Gasteiger partial charge in [-0.1, -0.05) is 11.6 Å². The van der Waals surface area contributed by atoms with Crippen LogP contribution in [-0.2, 0) is 14.4 Å². The quantitative estimate of drug-likeness (QED) is 0.534. The summed E-state index contributed by atoms with van der Waals surface area (Å²) in [5, 5.41) is 20.1. The first-order chi connectivity index (χ1) is 11.7. The molecule has 9 heteroatoms. The highest BCUT2D eigenvalue weighted by molar-refractivity contribution is 6.31. The maximum atomic E-state index is 12.2. The van der Waals surface area contributed by atoms with Gasteiger partial charge in [0.05, 0.1) is 12.7 Å². The molecule has 0 aliphatic rings. The zero-order chi connectivity index (χ0) is 19.0. The highest BCUT2D eigenvalue weighted by Crippen LogP contribution is 2.24. The monoisotopic (exact) mass is 371 g/mol. The second-order valence-corrected chi connectivity index (χ2v) is 5.59. The van der Waals surface area contributed by atoms with E-state index in [2.05, 4.69) is 5.32 Å². The number of aliphatic carboxylic acids is 2. The first-order valence-corrected chi connectivity index (χ1v) is 7.73. The van der Waals surface area contributed by atoms with Gasteiger partial charge in [0.25, 0.3) is 0 Å². The molecule has 0 spiro atoms. The summed E-state index contributed by atoms with van der Waals surface area (Å²) in [6, 6.07) is 3.19. The van der Waals surface area contributed by atoms with E-state index < -0.39 is 30.3 Å². The van der Waals surface area contributed by atoms with E-state index in [0.29, 0.717) is 10.8 Å². The number of halogens is 1. The van der Waals surface area contributed by atoms with E-state index in [0.717, 1.165) is 0 Å². The Bertz CT molecular complexity index is 674. The highest BCUT2D eigenvalue weighted by Gasteiger charge is 2.22. The molecule has 0 saturated heterocycles. The van der Waals surface area contributed by atoms with E-state index in [-0.39, 0.29) is 30.6 Å². The number of rotatable bonds is 10. The normalized spacial score (nSPS) is 11.4. The molecule has 8 nitrogen and oxygen atoms in total. The van der Waals surface area contributed by atoms with Crippen LogP contribution in [0.3, 0.4) is 0 Å². The Morgan fingerprint density at radius 2 is 1.84 bits per heavy atom.